The molecule has 0 saturated heterocycles. The van der Waals surface area contributed by atoms with Gasteiger partial charge in [-0.1, -0.05) is 0 Å². The van der Waals surface area contributed by atoms with E-state index in [2.05, 4.69) is 0 Å². The molecule has 0 bridgehead atoms. The van der Waals surface area contributed by atoms with Crippen LogP contribution in [0.3, 0.4) is 0 Å². The summed E-state index contributed by atoms with van der Waals surface area (Å²) in [6.45, 7) is 0. The molecule has 0 spiro atoms. The predicted molar refractivity (Wildman–Crippen MR) is 34.6 cm³/mol. The highest BCUT2D eigenvalue weighted by atomic mass is 16.5. The zero-order chi connectivity index (χ0) is 7.40. The second-order valence-corrected chi connectivity index (χ2v) is 1.75. The molecule has 1 aromatic heterocycles. The smallest absolute Gasteiger partial charge is 0.161 e. The monoisotopic (exact) mass is 137 g/mol. The summed E-state index contributed by atoms with van der Waals surface area (Å²) in [4.78, 5) is 0. The van der Waals surface area contributed by atoms with Crippen LogP contribution in [0.4, 0.5) is 0 Å². The normalized spacial score (nSPS) is 8.80. The van der Waals surface area contributed by atoms with Crippen molar-refractivity contribution in [3.63, 3.8) is 0 Å². The molecular formula is C7H7NO2. The zero-order valence-corrected chi connectivity index (χ0v) is 5.63. The highest BCUT2D eigenvalue weighted by Crippen LogP contribution is 2.18. The van der Waals surface area contributed by atoms with Gasteiger partial charge in [-0.2, -0.15) is 5.26 Å². The Bertz CT molecular complexity index is 246. The Balaban J connectivity index is 2.82. The number of nitrogens with zero attached hydrogens (tertiary/aromatic N) is 1. The molecule has 0 unspecified atom stereocenters. The van der Waals surface area contributed by atoms with E-state index in [1.54, 1.807) is 13.2 Å². The van der Waals surface area contributed by atoms with E-state index in [9.17, 15) is 0 Å². The molecule has 0 amide bonds. The Morgan fingerprint density at radius 3 is 3.20 bits per heavy atom. The Labute approximate surface area is 58.8 Å². The summed E-state index contributed by atoms with van der Waals surface area (Å²) in [6, 6.07) is 3.66. The van der Waals surface area contributed by atoms with E-state index in [-0.39, 0.29) is 6.42 Å². The van der Waals surface area contributed by atoms with E-state index in [0.717, 1.165) is 0 Å². The van der Waals surface area contributed by atoms with Gasteiger partial charge in [-0.25, -0.2) is 0 Å². The van der Waals surface area contributed by atoms with E-state index < -0.39 is 0 Å². The highest BCUT2D eigenvalue weighted by molar-refractivity contribution is 5.26. The SMILES string of the molecule is COc1ccoc1CC#N. The van der Waals surface area contributed by atoms with Gasteiger partial charge in [-0.05, 0) is 0 Å². The Hall–Kier alpha value is -1.43. The number of furan rings is 1. The van der Waals surface area contributed by atoms with Crippen LogP contribution in [0.25, 0.3) is 0 Å². The van der Waals surface area contributed by atoms with Crippen LogP contribution in [0.15, 0.2) is 16.7 Å². The molecule has 0 aliphatic rings. The summed E-state index contributed by atoms with van der Waals surface area (Å²) < 4.78 is 9.84. The number of methoxy groups -OCH3 is 1. The third-order valence-electron chi connectivity index (χ3n) is 1.16. The van der Waals surface area contributed by atoms with Gasteiger partial charge < -0.3 is 9.15 Å². The molecule has 1 rings (SSSR count). The molecule has 1 aromatic rings. The van der Waals surface area contributed by atoms with E-state index >= 15 is 0 Å². The fraction of sp³-hybridized carbons (Fsp3) is 0.286. The average molecular weight is 137 g/mol. The molecule has 0 atom stereocenters. The van der Waals surface area contributed by atoms with Gasteiger partial charge >= 0.3 is 0 Å². The summed E-state index contributed by atoms with van der Waals surface area (Å²) in [5, 5.41) is 8.29. The fourth-order valence-electron chi connectivity index (χ4n) is 0.711. The van der Waals surface area contributed by atoms with Gasteiger partial charge in [-0.3, -0.25) is 0 Å². The molecular weight excluding hydrogens is 130 g/mol. The van der Waals surface area contributed by atoms with Crippen molar-refractivity contribution in [1.29, 1.82) is 5.26 Å². The molecule has 10 heavy (non-hydrogen) atoms. The lowest BCUT2D eigenvalue weighted by atomic mass is 10.3. The Morgan fingerprint density at radius 1 is 1.80 bits per heavy atom. The van der Waals surface area contributed by atoms with Gasteiger partial charge in [0.2, 0.25) is 0 Å². The number of nitriles is 1. The van der Waals surface area contributed by atoms with Gasteiger partial charge in [-0.15, -0.1) is 0 Å². The van der Waals surface area contributed by atoms with Crippen molar-refractivity contribution in [1.82, 2.24) is 0 Å². The lowest BCUT2D eigenvalue weighted by Crippen LogP contribution is -1.84. The summed E-state index contributed by atoms with van der Waals surface area (Å²) >= 11 is 0. The molecule has 52 valence electrons. The van der Waals surface area contributed by atoms with Crippen LogP contribution >= 0.6 is 0 Å². The minimum Gasteiger partial charge on any atom is -0.493 e. The quantitative estimate of drug-likeness (QED) is 0.618. The molecule has 0 aliphatic carbocycles. The minimum absolute atomic E-state index is 0.260. The molecule has 0 N–H and O–H groups in total. The van der Waals surface area contributed by atoms with Gasteiger partial charge in [0.15, 0.2) is 11.5 Å². The van der Waals surface area contributed by atoms with E-state index in [1.807, 2.05) is 6.07 Å². The van der Waals surface area contributed by atoms with Crippen LogP contribution in [0, 0.1) is 11.3 Å². The third-order valence-corrected chi connectivity index (χ3v) is 1.16. The van der Waals surface area contributed by atoms with E-state index in [0.29, 0.717) is 11.5 Å². The topological polar surface area (TPSA) is 46.2 Å². The van der Waals surface area contributed by atoms with Crippen LogP contribution in [0.1, 0.15) is 5.76 Å². The summed E-state index contributed by atoms with van der Waals surface area (Å²) in [6.07, 6.45) is 1.77. The van der Waals surface area contributed by atoms with Crippen LogP contribution in [0.2, 0.25) is 0 Å². The van der Waals surface area contributed by atoms with Crippen LogP contribution in [-0.4, -0.2) is 7.11 Å². The molecule has 0 radical (unpaired) electrons. The Morgan fingerprint density at radius 2 is 2.60 bits per heavy atom. The molecule has 0 fully saturated rings. The van der Waals surface area contributed by atoms with Crippen LogP contribution in [-0.2, 0) is 6.42 Å². The number of rotatable bonds is 2. The van der Waals surface area contributed by atoms with Crippen molar-refractivity contribution in [3.05, 3.63) is 18.1 Å². The first kappa shape index (κ1) is 6.69. The van der Waals surface area contributed by atoms with Crippen LogP contribution < -0.4 is 4.74 Å². The van der Waals surface area contributed by atoms with Crippen molar-refractivity contribution in [2.24, 2.45) is 0 Å². The first-order valence-corrected chi connectivity index (χ1v) is 2.85. The maximum atomic E-state index is 8.29. The van der Waals surface area contributed by atoms with Crippen LogP contribution in [0.5, 0.6) is 5.75 Å². The lowest BCUT2D eigenvalue weighted by molar-refractivity contribution is 0.394. The average Bonchev–Trinajstić information content (AvgIpc) is 2.36. The first-order valence-electron chi connectivity index (χ1n) is 2.85. The second kappa shape index (κ2) is 2.92. The highest BCUT2D eigenvalue weighted by Gasteiger charge is 2.03. The number of hydrogen-bond donors (Lipinski definition) is 0. The lowest BCUT2D eigenvalue weighted by Gasteiger charge is -1.93. The molecule has 0 saturated carbocycles. The van der Waals surface area contributed by atoms with Crippen molar-refractivity contribution < 1.29 is 9.15 Å². The third kappa shape index (κ3) is 1.11. The van der Waals surface area contributed by atoms with E-state index in [4.69, 9.17) is 14.4 Å². The molecule has 0 aromatic carbocycles. The predicted octanol–water partition coefficient (Wildman–Crippen LogP) is 1.35. The fourth-order valence-corrected chi connectivity index (χ4v) is 0.711. The largest absolute Gasteiger partial charge is 0.493 e. The maximum Gasteiger partial charge on any atom is 0.161 e. The second-order valence-electron chi connectivity index (χ2n) is 1.75. The van der Waals surface area contributed by atoms with E-state index in [1.165, 1.54) is 6.26 Å². The first-order chi connectivity index (χ1) is 4.88. The maximum absolute atomic E-state index is 8.29. The molecule has 3 nitrogen and oxygen atoms in total. The van der Waals surface area contributed by atoms with Crippen molar-refractivity contribution >= 4 is 0 Å². The standard InChI is InChI=1S/C7H7NO2/c1-9-6-3-5-10-7(6)2-4-8/h3,5H,2H2,1H3. The van der Waals surface area contributed by atoms with Crippen molar-refractivity contribution in [3.8, 4) is 11.8 Å². The van der Waals surface area contributed by atoms with Gasteiger partial charge in [0.25, 0.3) is 0 Å². The number of ether oxygens (including phenoxy) is 1. The van der Waals surface area contributed by atoms with Gasteiger partial charge in [0.05, 0.1) is 25.9 Å². The molecule has 0 aliphatic heterocycles. The van der Waals surface area contributed by atoms with Crippen molar-refractivity contribution in [2.75, 3.05) is 7.11 Å². The van der Waals surface area contributed by atoms with Gasteiger partial charge in [0.1, 0.15) is 0 Å². The van der Waals surface area contributed by atoms with Crippen molar-refractivity contribution in [2.45, 2.75) is 6.42 Å². The minimum atomic E-state index is 0.260. The summed E-state index contributed by atoms with van der Waals surface area (Å²) in [5.41, 5.74) is 0. The Kier molecular flexibility index (Phi) is 1.96. The number of hydrogen-bond acceptors (Lipinski definition) is 3. The molecule has 1 heterocycles. The summed E-state index contributed by atoms with van der Waals surface area (Å²) in [5.74, 6) is 1.23. The van der Waals surface area contributed by atoms with Gasteiger partial charge in [0, 0.05) is 6.07 Å². The zero-order valence-electron chi connectivity index (χ0n) is 5.63. The molecule has 3 heteroatoms. The summed E-state index contributed by atoms with van der Waals surface area (Å²) in [7, 11) is 1.55.